The predicted molar refractivity (Wildman–Crippen MR) is 260 cm³/mol. The van der Waals surface area contributed by atoms with E-state index in [4.69, 9.17) is 53.8 Å². The fraction of sp³-hybridized carbons (Fsp3) is 0.444. The van der Waals surface area contributed by atoms with Crippen LogP contribution < -0.4 is 37.9 Å². The molecule has 4 rings (SSSR count). The summed E-state index contributed by atoms with van der Waals surface area (Å²) in [6.07, 6.45) is 6.45. The van der Waals surface area contributed by atoms with Crippen LogP contribution in [0, 0.1) is 12.3 Å². The van der Waals surface area contributed by atoms with Crippen molar-refractivity contribution in [2.45, 2.75) is 102 Å². The summed E-state index contributed by atoms with van der Waals surface area (Å²) >= 11 is 0. The number of hydrogen-bond acceptors (Lipinski definition) is 15. The van der Waals surface area contributed by atoms with Crippen LogP contribution in [0.4, 0.5) is 0 Å². The van der Waals surface area contributed by atoms with Crippen molar-refractivity contribution >= 4 is 11.9 Å². The van der Waals surface area contributed by atoms with E-state index < -0.39 is 41.5 Å². The van der Waals surface area contributed by atoms with Crippen molar-refractivity contribution < 1.29 is 72.3 Å². The van der Waals surface area contributed by atoms with E-state index in [1.54, 1.807) is 33.5 Å². The number of methoxy groups -OCH3 is 4. The van der Waals surface area contributed by atoms with Gasteiger partial charge in [-0.15, -0.1) is 6.42 Å². The number of aliphatic hydroxyl groups excluding tert-OH is 3. The Morgan fingerprint density at radius 3 is 1.41 bits per heavy atom. The Bertz CT molecular complexity index is 2330. The zero-order chi connectivity index (χ0) is 50.6. The van der Waals surface area contributed by atoms with Crippen molar-refractivity contribution in [1.29, 1.82) is 0 Å². The molecule has 4 aromatic rings. The standard InChI is InChI=1S/C54H68O15/c1-11-51(58)66-34-41(56)33-65-43-22-18-37(28-47(43)61-8)25-38-19-23-44(48(29-38)62-9)68-53(13-3,14-4)31-40(55)32-64-42-21-17-36(27-46(42)60-7)26-39-20-24-45(49(30-39)63-10)69-54(15-5,16-6)50(57)35-67-52(59)12-2/h1,12,17-24,27-30,40-41,50,55-57H,2,13-16,25-26,31-35H2,3-10H3. The Balaban J connectivity index is 1.38. The van der Waals surface area contributed by atoms with E-state index >= 15 is 0 Å². The van der Waals surface area contributed by atoms with Gasteiger partial charge in [0, 0.05) is 18.4 Å². The van der Waals surface area contributed by atoms with Crippen LogP contribution in [0.3, 0.4) is 0 Å². The van der Waals surface area contributed by atoms with Crippen molar-refractivity contribution in [3.8, 4) is 58.3 Å². The topological polar surface area (TPSA) is 187 Å². The van der Waals surface area contributed by atoms with Crippen molar-refractivity contribution in [2.24, 2.45) is 0 Å². The summed E-state index contributed by atoms with van der Waals surface area (Å²) in [5.74, 6) is 4.21. The van der Waals surface area contributed by atoms with Crippen molar-refractivity contribution in [2.75, 3.05) is 54.9 Å². The molecule has 3 N–H and O–H groups in total. The molecule has 15 heteroatoms. The first-order valence-electron chi connectivity index (χ1n) is 22.9. The van der Waals surface area contributed by atoms with Gasteiger partial charge in [0.15, 0.2) is 46.0 Å². The number of rotatable bonds is 30. The largest absolute Gasteiger partial charge is 0.493 e. The van der Waals surface area contributed by atoms with Gasteiger partial charge in [0.2, 0.25) is 0 Å². The molecule has 69 heavy (non-hydrogen) atoms. The smallest absolute Gasteiger partial charge is 0.384 e. The van der Waals surface area contributed by atoms with Crippen LogP contribution >= 0.6 is 0 Å². The number of aliphatic hydroxyl groups is 3. The summed E-state index contributed by atoms with van der Waals surface area (Å²) in [7, 11) is 6.22. The fourth-order valence-electron chi connectivity index (χ4n) is 7.77. The highest BCUT2D eigenvalue weighted by Crippen LogP contribution is 2.39. The summed E-state index contributed by atoms with van der Waals surface area (Å²) in [6, 6.07) is 22.5. The van der Waals surface area contributed by atoms with Gasteiger partial charge in [-0.3, -0.25) is 0 Å². The molecule has 0 aliphatic heterocycles. The molecule has 0 saturated heterocycles. The van der Waals surface area contributed by atoms with E-state index in [0.29, 0.717) is 84.5 Å². The molecule has 0 amide bonds. The molecule has 0 radical (unpaired) electrons. The summed E-state index contributed by atoms with van der Waals surface area (Å²) in [5, 5.41) is 32.5. The lowest BCUT2D eigenvalue weighted by molar-refractivity contribution is -0.147. The highest BCUT2D eigenvalue weighted by atomic mass is 16.6. The summed E-state index contributed by atoms with van der Waals surface area (Å²) in [4.78, 5) is 22.8. The first-order valence-corrected chi connectivity index (χ1v) is 22.9. The molecule has 3 atom stereocenters. The molecule has 0 aromatic heterocycles. The molecule has 0 spiro atoms. The highest BCUT2D eigenvalue weighted by Gasteiger charge is 2.39. The SMILES string of the molecule is C#CC(=O)OCC(O)COc1ccc(Cc2ccc(OC(CC)(CC)CC(O)COc3ccc(Cc4ccc(OC(CC)(CC)C(O)COC(=O)C=C)c(OC)c4)cc3OC)c(OC)c2)cc1OC. The number of hydrogen-bond donors (Lipinski definition) is 3. The molecular formula is C54H68O15. The lowest BCUT2D eigenvalue weighted by atomic mass is 9.90. The second-order valence-electron chi connectivity index (χ2n) is 16.4. The van der Waals surface area contributed by atoms with E-state index in [1.807, 2.05) is 94.3 Å². The Hall–Kier alpha value is -6.60. The van der Waals surface area contributed by atoms with Gasteiger partial charge < -0.3 is 62.7 Å². The van der Waals surface area contributed by atoms with E-state index in [9.17, 15) is 24.9 Å². The first kappa shape index (κ1) is 55.0. The Labute approximate surface area is 406 Å². The second kappa shape index (κ2) is 26.8. The van der Waals surface area contributed by atoms with Gasteiger partial charge in [-0.25, -0.2) is 9.59 Å². The quantitative estimate of drug-likeness (QED) is 0.0200. The maximum atomic E-state index is 11.7. The second-order valence-corrected chi connectivity index (χ2v) is 16.4. The number of carbonyl (C=O) groups excluding carboxylic acids is 2. The van der Waals surface area contributed by atoms with E-state index in [1.165, 1.54) is 7.11 Å². The fourth-order valence-corrected chi connectivity index (χ4v) is 7.77. The molecular weight excluding hydrogens is 889 g/mol. The minimum absolute atomic E-state index is 0.00620. The van der Waals surface area contributed by atoms with Crippen LogP contribution in [0.5, 0.6) is 46.0 Å². The normalized spacial score (nSPS) is 12.6. The lowest BCUT2D eigenvalue weighted by Crippen LogP contribution is -2.49. The summed E-state index contributed by atoms with van der Waals surface area (Å²) in [6.45, 7) is 10.6. The van der Waals surface area contributed by atoms with Gasteiger partial charge >= 0.3 is 11.9 Å². The Morgan fingerprint density at radius 2 is 1.00 bits per heavy atom. The van der Waals surface area contributed by atoms with E-state index in [-0.39, 0.29) is 32.8 Å². The molecule has 15 nitrogen and oxygen atoms in total. The van der Waals surface area contributed by atoms with Gasteiger partial charge in [0.1, 0.15) is 49.8 Å². The maximum absolute atomic E-state index is 11.7. The highest BCUT2D eigenvalue weighted by molar-refractivity contribution is 5.87. The van der Waals surface area contributed by atoms with Crippen molar-refractivity contribution in [3.05, 3.63) is 108 Å². The predicted octanol–water partition coefficient (Wildman–Crippen LogP) is 7.61. The average molecular weight is 957 g/mol. The maximum Gasteiger partial charge on any atom is 0.384 e. The molecule has 0 heterocycles. The van der Waals surface area contributed by atoms with E-state index in [2.05, 4.69) is 6.58 Å². The molecule has 374 valence electrons. The third-order valence-electron chi connectivity index (χ3n) is 12.0. The number of benzene rings is 4. The van der Waals surface area contributed by atoms with Gasteiger partial charge in [-0.1, -0.05) is 58.5 Å². The van der Waals surface area contributed by atoms with Gasteiger partial charge in [-0.05, 0) is 109 Å². The minimum atomic E-state index is -1.09. The molecule has 3 unspecified atom stereocenters. The molecule has 0 saturated carbocycles. The molecule has 0 aliphatic rings. The minimum Gasteiger partial charge on any atom is -0.493 e. The van der Waals surface area contributed by atoms with Crippen LogP contribution in [0.2, 0.25) is 0 Å². The number of terminal acetylenes is 1. The number of esters is 2. The van der Waals surface area contributed by atoms with Crippen LogP contribution in [0.15, 0.2) is 85.5 Å². The lowest BCUT2D eigenvalue weighted by Gasteiger charge is -2.37. The zero-order valence-corrected chi connectivity index (χ0v) is 41.0. The van der Waals surface area contributed by atoms with Crippen LogP contribution in [0.25, 0.3) is 0 Å². The van der Waals surface area contributed by atoms with Crippen molar-refractivity contribution in [1.82, 2.24) is 0 Å². The number of carbonyl (C=O) groups is 2. The third kappa shape index (κ3) is 15.5. The first-order chi connectivity index (χ1) is 33.2. The van der Waals surface area contributed by atoms with Gasteiger partial charge in [-0.2, -0.15) is 0 Å². The molecule has 4 aromatic carbocycles. The third-order valence-corrected chi connectivity index (χ3v) is 12.0. The Morgan fingerprint density at radius 1 is 0.580 bits per heavy atom. The van der Waals surface area contributed by atoms with Crippen LogP contribution in [0.1, 0.15) is 82.1 Å². The van der Waals surface area contributed by atoms with Crippen LogP contribution in [-0.2, 0) is 31.9 Å². The summed E-state index contributed by atoms with van der Waals surface area (Å²) in [5.41, 5.74) is 1.99. The molecule has 0 fully saturated rings. The Kier molecular flexibility index (Phi) is 21.4. The molecule has 0 bridgehead atoms. The van der Waals surface area contributed by atoms with Crippen LogP contribution in [-0.4, -0.2) is 112 Å². The van der Waals surface area contributed by atoms with Gasteiger partial charge in [0.05, 0.1) is 34.5 Å². The number of ether oxygens (including phenoxy) is 10. The zero-order valence-electron chi connectivity index (χ0n) is 41.0. The monoisotopic (exact) mass is 956 g/mol. The molecule has 0 aliphatic carbocycles. The van der Waals surface area contributed by atoms with Gasteiger partial charge in [0.25, 0.3) is 0 Å². The summed E-state index contributed by atoms with van der Waals surface area (Å²) < 4.78 is 57.6. The van der Waals surface area contributed by atoms with E-state index in [0.717, 1.165) is 28.3 Å². The van der Waals surface area contributed by atoms with Crippen molar-refractivity contribution in [3.63, 3.8) is 0 Å². The average Bonchev–Trinajstić information content (AvgIpc) is 3.37.